The molecule has 3 aromatic heterocycles. The Balaban J connectivity index is 1.13. The molecule has 0 amide bonds. The van der Waals surface area contributed by atoms with Crippen molar-refractivity contribution in [3.05, 3.63) is 118 Å². The Labute approximate surface area is 257 Å². The highest BCUT2D eigenvalue weighted by molar-refractivity contribution is 7.04. The highest BCUT2D eigenvalue weighted by Gasteiger charge is 2.15. The smallest absolute Gasteiger partial charge is 0.167 e. The molecular formula is C35H36N6OS. The second-order valence-electron chi connectivity index (χ2n) is 11.4. The van der Waals surface area contributed by atoms with E-state index in [2.05, 4.69) is 68.4 Å². The molecule has 43 heavy (non-hydrogen) atoms. The molecule has 0 bridgehead atoms. The van der Waals surface area contributed by atoms with Crippen LogP contribution in [0.4, 0.5) is 0 Å². The number of aryl methyl sites for hydroxylation is 2. The van der Waals surface area contributed by atoms with Gasteiger partial charge in [0.15, 0.2) is 5.78 Å². The molecule has 1 fully saturated rings. The van der Waals surface area contributed by atoms with Crippen molar-refractivity contribution in [3.8, 4) is 22.4 Å². The van der Waals surface area contributed by atoms with E-state index in [9.17, 15) is 4.79 Å². The lowest BCUT2D eigenvalue weighted by Crippen LogP contribution is -2.43. The molecule has 1 aliphatic heterocycles. The molecule has 218 valence electrons. The molecule has 1 aliphatic rings. The number of carbonyl (C=O) groups is 1. The number of aromatic nitrogens is 4. The lowest BCUT2D eigenvalue weighted by atomic mass is 9.97. The number of nitrogens with zero attached hydrogens (tertiary/aromatic N) is 6. The Kier molecular flexibility index (Phi) is 8.79. The minimum atomic E-state index is 0.127. The van der Waals surface area contributed by atoms with Crippen LogP contribution in [0.1, 0.15) is 44.1 Å². The molecule has 0 N–H and O–H groups in total. The average molecular weight is 589 g/mol. The summed E-state index contributed by atoms with van der Waals surface area (Å²) in [6.45, 7) is 9.41. The maximum Gasteiger partial charge on any atom is 0.167 e. The van der Waals surface area contributed by atoms with Gasteiger partial charge in [0.2, 0.25) is 0 Å². The van der Waals surface area contributed by atoms with Gasteiger partial charge in [0, 0.05) is 91.8 Å². The van der Waals surface area contributed by atoms with Gasteiger partial charge in [-0.3, -0.25) is 14.7 Å². The topological polar surface area (TPSA) is 75.1 Å². The first-order valence-corrected chi connectivity index (χ1v) is 15.5. The normalized spacial score (nSPS) is 14.2. The fourth-order valence-corrected chi connectivity index (χ4v) is 6.21. The predicted octanol–water partition coefficient (Wildman–Crippen LogP) is 6.04. The van der Waals surface area contributed by atoms with Crippen LogP contribution >= 0.6 is 11.5 Å². The first kappa shape index (κ1) is 29.0. The summed E-state index contributed by atoms with van der Waals surface area (Å²) in [5, 5.41) is 2.05. The lowest BCUT2D eigenvalue weighted by Gasteiger charge is -2.32. The van der Waals surface area contributed by atoms with Crippen LogP contribution in [0.2, 0.25) is 0 Å². The lowest BCUT2D eigenvalue weighted by molar-refractivity contribution is 0.0993. The highest BCUT2D eigenvalue weighted by atomic mass is 32.1. The molecule has 7 nitrogen and oxygen atoms in total. The predicted molar refractivity (Wildman–Crippen MR) is 172 cm³/mol. The largest absolute Gasteiger partial charge is 0.304 e. The van der Waals surface area contributed by atoms with E-state index in [4.69, 9.17) is 4.98 Å². The fourth-order valence-electron chi connectivity index (χ4n) is 5.49. The summed E-state index contributed by atoms with van der Waals surface area (Å²) in [6.07, 6.45) is 6.45. The van der Waals surface area contributed by atoms with Crippen molar-refractivity contribution in [1.29, 1.82) is 0 Å². The van der Waals surface area contributed by atoms with Crippen LogP contribution in [0.5, 0.6) is 0 Å². The molecule has 0 atom stereocenters. The third-order valence-electron chi connectivity index (χ3n) is 8.21. The Hall–Kier alpha value is -4.11. The molecular weight excluding hydrogens is 552 g/mol. The minimum Gasteiger partial charge on any atom is -0.304 e. The number of hydrogen-bond donors (Lipinski definition) is 0. The van der Waals surface area contributed by atoms with Crippen LogP contribution in [0, 0.1) is 13.8 Å². The summed E-state index contributed by atoms with van der Waals surface area (Å²) in [7, 11) is 2.17. The quantitative estimate of drug-likeness (QED) is 0.194. The second kappa shape index (κ2) is 13.0. The van der Waals surface area contributed by atoms with Gasteiger partial charge in [-0.05, 0) is 66.8 Å². The van der Waals surface area contributed by atoms with Crippen molar-refractivity contribution in [3.63, 3.8) is 0 Å². The van der Waals surface area contributed by atoms with Gasteiger partial charge in [0.25, 0.3) is 0 Å². The molecule has 0 spiro atoms. The Morgan fingerprint density at radius 3 is 2.44 bits per heavy atom. The van der Waals surface area contributed by atoms with Crippen LogP contribution in [0.3, 0.4) is 0 Å². The number of carbonyl (C=O) groups excluding carboxylic acids is 1. The van der Waals surface area contributed by atoms with E-state index in [1.165, 1.54) is 17.1 Å². The van der Waals surface area contributed by atoms with Gasteiger partial charge >= 0.3 is 0 Å². The van der Waals surface area contributed by atoms with E-state index in [0.717, 1.165) is 88.9 Å². The van der Waals surface area contributed by atoms with Gasteiger partial charge in [-0.25, -0.2) is 9.97 Å². The van der Waals surface area contributed by atoms with Crippen molar-refractivity contribution >= 4 is 17.3 Å². The van der Waals surface area contributed by atoms with Gasteiger partial charge in [-0.2, -0.15) is 4.37 Å². The first-order valence-electron chi connectivity index (χ1n) is 14.7. The van der Waals surface area contributed by atoms with Gasteiger partial charge in [-0.1, -0.05) is 42.5 Å². The number of hydrogen-bond acceptors (Lipinski definition) is 8. The molecule has 4 heterocycles. The molecule has 0 saturated carbocycles. The standard InChI is InChI=1S/C35H36N6OS/c1-24-4-5-27(17-34(42)28-8-6-26(7-9-28)22-41-14-12-40(3)13-15-41)16-29(24)19-35-37-11-10-33(38-35)31-18-30(20-36-21-31)32-23-43-39-25(32)2/h4-11,16,18,20-21,23H,12-15,17,19,22H2,1-3H3. The number of rotatable bonds is 9. The summed E-state index contributed by atoms with van der Waals surface area (Å²) in [6, 6.07) is 18.4. The molecule has 2 aromatic carbocycles. The molecule has 1 saturated heterocycles. The van der Waals surface area contributed by atoms with Crippen molar-refractivity contribution in [2.75, 3.05) is 33.2 Å². The second-order valence-corrected chi connectivity index (χ2v) is 12.1. The summed E-state index contributed by atoms with van der Waals surface area (Å²) in [4.78, 5) is 31.9. The van der Waals surface area contributed by atoms with Crippen LogP contribution in [-0.4, -0.2) is 68.1 Å². The molecule has 5 aromatic rings. The number of Topliss-reactive ketones (excluding diaryl/α,β-unsaturated/α-hetero) is 1. The summed E-state index contributed by atoms with van der Waals surface area (Å²) in [5.74, 6) is 0.862. The van der Waals surface area contributed by atoms with Crippen molar-refractivity contribution in [2.45, 2.75) is 33.2 Å². The zero-order valence-corrected chi connectivity index (χ0v) is 25.8. The van der Waals surface area contributed by atoms with Crippen LogP contribution in [-0.2, 0) is 19.4 Å². The van der Waals surface area contributed by atoms with Crippen LogP contribution in [0.15, 0.2) is 78.6 Å². The number of pyridine rings is 1. The molecule has 8 heteroatoms. The highest BCUT2D eigenvalue weighted by Crippen LogP contribution is 2.28. The van der Waals surface area contributed by atoms with E-state index in [1.54, 1.807) is 6.20 Å². The Morgan fingerprint density at radius 2 is 1.67 bits per heavy atom. The average Bonchev–Trinajstić information content (AvgIpc) is 3.46. The van der Waals surface area contributed by atoms with Crippen molar-refractivity contribution in [1.82, 2.24) is 29.1 Å². The number of likely N-dealkylation sites (N-methyl/N-ethyl adjacent to an activating group) is 1. The molecule has 0 unspecified atom stereocenters. The SMILES string of the molecule is Cc1ccc(CC(=O)c2ccc(CN3CCN(C)CC3)cc2)cc1Cc1nccc(-c2cncc(-c3csnc3C)c2)n1. The molecule has 6 rings (SSSR count). The summed E-state index contributed by atoms with van der Waals surface area (Å²) in [5.41, 5.74) is 10.2. The van der Waals surface area contributed by atoms with Crippen LogP contribution < -0.4 is 0 Å². The van der Waals surface area contributed by atoms with E-state index in [0.29, 0.717) is 12.8 Å². The third kappa shape index (κ3) is 7.10. The maximum atomic E-state index is 13.2. The number of ketones is 1. The van der Waals surface area contributed by atoms with Crippen molar-refractivity contribution < 1.29 is 4.79 Å². The van der Waals surface area contributed by atoms with E-state index < -0.39 is 0 Å². The zero-order chi connectivity index (χ0) is 29.8. The van der Waals surface area contributed by atoms with Gasteiger partial charge in [0.1, 0.15) is 5.82 Å². The number of piperazine rings is 1. The number of benzene rings is 2. The Morgan fingerprint density at radius 1 is 0.907 bits per heavy atom. The summed E-state index contributed by atoms with van der Waals surface area (Å²) >= 11 is 1.45. The van der Waals surface area contributed by atoms with Gasteiger partial charge in [-0.15, -0.1) is 0 Å². The molecule has 0 radical (unpaired) electrons. The van der Waals surface area contributed by atoms with Gasteiger partial charge < -0.3 is 4.90 Å². The van der Waals surface area contributed by atoms with E-state index in [-0.39, 0.29) is 5.78 Å². The van der Waals surface area contributed by atoms with Gasteiger partial charge in [0.05, 0.1) is 11.4 Å². The van der Waals surface area contributed by atoms with Crippen molar-refractivity contribution in [2.24, 2.45) is 0 Å². The van der Waals surface area contributed by atoms with Crippen LogP contribution in [0.25, 0.3) is 22.4 Å². The third-order valence-corrected chi connectivity index (χ3v) is 8.93. The summed E-state index contributed by atoms with van der Waals surface area (Å²) < 4.78 is 4.40. The maximum absolute atomic E-state index is 13.2. The van der Waals surface area contributed by atoms with E-state index in [1.807, 2.05) is 49.0 Å². The van der Waals surface area contributed by atoms with E-state index >= 15 is 0 Å². The molecule has 0 aliphatic carbocycles. The zero-order valence-electron chi connectivity index (χ0n) is 25.0. The minimum absolute atomic E-state index is 0.127. The first-order chi connectivity index (χ1) is 20.9. The monoisotopic (exact) mass is 588 g/mol. The Bertz CT molecular complexity index is 1720. The fraction of sp³-hybridized carbons (Fsp3) is 0.286.